The summed E-state index contributed by atoms with van der Waals surface area (Å²) in [6.07, 6.45) is 10.6. The molecule has 2 aliphatic heterocycles. The van der Waals surface area contributed by atoms with Gasteiger partial charge in [-0.15, -0.1) is 0 Å². The summed E-state index contributed by atoms with van der Waals surface area (Å²) < 4.78 is 28.6. The third-order valence-electron chi connectivity index (χ3n) is 8.34. The van der Waals surface area contributed by atoms with E-state index in [-0.39, 0.29) is 29.2 Å². The van der Waals surface area contributed by atoms with Crippen molar-refractivity contribution in [2.75, 3.05) is 32.7 Å². The molecule has 0 spiro atoms. The molecule has 200 valence electrons. The van der Waals surface area contributed by atoms with E-state index in [1.165, 1.54) is 36.4 Å². The second-order valence-electron chi connectivity index (χ2n) is 10.9. The number of likely N-dealkylation sites (tertiary alicyclic amines) is 1. The van der Waals surface area contributed by atoms with E-state index in [2.05, 4.69) is 10.3 Å². The number of benzene rings is 1. The molecule has 1 saturated carbocycles. The quantitative estimate of drug-likeness (QED) is 0.620. The lowest BCUT2D eigenvalue weighted by Crippen LogP contribution is -2.51. The number of hydrogen-bond acceptors (Lipinski definition) is 5. The molecule has 3 heterocycles. The maximum atomic E-state index is 13.6. The van der Waals surface area contributed by atoms with Crippen molar-refractivity contribution in [1.82, 2.24) is 19.5 Å². The van der Waals surface area contributed by atoms with Gasteiger partial charge in [-0.2, -0.15) is 4.31 Å². The smallest absolute Gasteiger partial charge is 0.245 e. The number of hydrogen-bond donors (Lipinski definition) is 1. The molecule has 3 fully saturated rings. The summed E-state index contributed by atoms with van der Waals surface area (Å²) in [7, 11) is -3.79. The van der Waals surface area contributed by atoms with Crippen LogP contribution in [0.2, 0.25) is 0 Å². The van der Waals surface area contributed by atoms with Gasteiger partial charge < -0.3 is 10.2 Å². The highest BCUT2D eigenvalue weighted by atomic mass is 32.2. The van der Waals surface area contributed by atoms with Crippen molar-refractivity contribution in [3.05, 3.63) is 36.5 Å². The van der Waals surface area contributed by atoms with Gasteiger partial charge in [0.15, 0.2) is 0 Å². The van der Waals surface area contributed by atoms with Crippen molar-refractivity contribution in [1.29, 1.82) is 0 Å². The van der Waals surface area contributed by atoms with Gasteiger partial charge in [-0.05, 0) is 56.6 Å². The topological polar surface area (TPSA) is 99.7 Å². The predicted molar refractivity (Wildman–Crippen MR) is 142 cm³/mol. The molecule has 5 rings (SSSR count). The number of pyridine rings is 1. The van der Waals surface area contributed by atoms with E-state index < -0.39 is 15.9 Å². The van der Waals surface area contributed by atoms with Crippen molar-refractivity contribution < 1.29 is 18.0 Å². The van der Waals surface area contributed by atoms with Gasteiger partial charge in [-0.3, -0.25) is 14.6 Å². The summed E-state index contributed by atoms with van der Waals surface area (Å²) in [6.45, 7) is 2.34. The average Bonchev–Trinajstić information content (AvgIpc) is 2.96. The Morgan fingerprint density at radius 1 is 0.892 bits per heavy atom. The first-order valence-corrected chi connectivity index (χ1v) is 15.3. The van der Waals surface area contributed by atoms with Crippen molar-refractivity contribution in [2.24, 2.45) is 17.8 Å². The average molecular weight is 527 g/mol. The number of fused-ring (bicyclic) bond motifs is 1. The molecule has 0 bridgehead atoms. The lowest BCUT2D eigenvalue weighted by molar-refractivity contribution is -0.140. The van der Waals surface area contributed by atoms with Crippen molar-refractivity contribution >= 4 is 32.7 Å². The highest BCUT2D eigenvalue weighted by Gasteiger charge is 2.38. The monoisotopic (exact) mass is 526 g/mol. The third-order valence-corrected chi connectivity index (χ3v) is 10.2. The van der Waals surface area contributed by atoms with Crippen LogP contribution < -0.4 is 5.32 Å². The van der Waals surface area contributed by atoms with E-state index in [0.29, 0.717) is 43.9 Å². The van der Waals surface area contributed by atoms with Crippen LogP contribution in [-0.4, -0.2) is 67.1 Å². The van der Waals surface area contributed by atoms with E-state index in [4.69, 9.17) is 0 Å². The number of piperidine rings is 2. The summed E-state index contributed by atoms with van der Waals surface area (Å²) in [5.74, 6) is 0.0215. The van der Waals surface area contributed by atoms with Crippen LogP contribution in [0.25, 0.3) is 10.9 Å². The highest BCUT2D eigenvalue weighted by molar-refractivity contribution is 7.89. The highest BCUT2D eigenvalue weighted by Crippen LogP contribution is 2.30. The molecular formula is C28H38N4O4S. The number of nitrogens with one attached hydrogen (secondary N) is 1. The van der Waals surface area contributed by atoms with Gasteiger partial charge in [0.25, 0.3) is 0 Å². The van der Waals surface area contributed by atoms with Crippen LogP contribution in [0.3, 0.4) is 0 Å². The summed E-state index contributed by atoms with van der Waals surface area (Å²) in [6, 6.07) is 8.81. The maximum Gasteiger partial charge on any atom is 0.245 e. The molecule has 1 aromatic carbocycles. The maximum absolute atomic E-state index is 13.6. The zero-order chi connectivity index (χ0) is 25.8. The van der Waals surface area contributed by atoms with E-state index in [1.54, 1.807) is 29.3 Å². The minimum absolute atomic E-state index is 0.0271. The normalized spacial score (nSPS) is 24.2. The van der Waals surface area contributed by atoms with Gasteiger partial charge in [0.2, 0.25) is 21.8 Å². The van der Waals surface area contributed by atoms with Crippen LogP contribution in [0.1, 0.15) is 57.8 Å². The summed E-state index contributed by atoms with van der Waals surface area (Å²) in [4.78, 5) is 32.7. The number of rotatable bonds is 6. The zero-order valence-electron chi connectivity index (χ0n) is 21.5. The fourth-order valence-corrected chi connectivity index (χ4v) is 7.91. The molecule has 9 heteroatoms. The number of aromatic nitrogens is 1. The minimum atomic E-state index is -3.79. The van der Waals surface area contributed by atoms with Crippen LogP contribution in [0.5, 0.6) is 0 Å². The van der Waals surface area contributed by atoms with E-state index in [0.717, 1.165) is 24.8 Å². The minimum Gasteiger partial charge on any atom is -0.356 e. The first-order chi connectivity index (χ1) is 17.9. The van der Waals surface area contributed by atoms with Gasteiger partial charge in [0.05, 0.1) is 17.4 Å². The molecule has 1 N–H and O–H groups in total. The summed E-state index contributed by atoms with van der Waals surface area (Å²) in [5.41, 5.74) is 0.455. The number of amides is 2. The molecule has 2 aromatic rings. The molecule has 2 amide bonds. The number of nitrogens with zero attached hydrogens (tertiary/aromatic N) is 3. The van der Waals surface area contributed by atoms with Gasteiger partial charge >= 0.3 is 0 Å². The first kappa shape index (κ1) is 26.1. The molecule has 0 radical (unpaired) electrons. The van der Waals surface area contributed by atoms with Crippen LogP contribution in [-0.2, 0) is 19.6 Å². The van der Waals surface area contributed by atoms with Crippen molar-refractivity contribution in [3.63, 3.8) is 0 Å². The van der Waals surface area contributed by atoms with E-state index >= 15 is 0 Å². The fourth-order valence-electron chi connectivity index (χ4n) is 6.22. The molecule has 2 atom stereocenters. The Labute approximate surface area is 219 Å². The molecule has 3 aliphatic rings. The molecule has 2 saturated heterocycles. The second-order valence-corrected chi connectivity index (χ2v) is 12.8. The van der Waals surface area contributed by atoms with Gasteiger partial charge in [0, 0.05) is 44.3 Å². The second kappa shape index (κ2) is 11.5. The Morgan fingerprint density at radius 3 is 2.49 bits per heavy atom. The third kappa shape index (κ3) is 5.82. The number of carbonyl (C=O) groups is 2. The number of sulfonamides is 1. The van der Waals surface area contributed by atoms with Crippen LogP contribution >= 0.6 is 0 Å². The lowest BCUT2D eigenvalue weighted by Gasteiger charge is -2.37. The zero-order valence-corrected chi connectivity index (χ0v) is 22.3. The molecular weight excluding hydrogens is 488 g/mol. The van der Waals surface area contributed by atoms with E-state index in [1.807, 2.05) is 12.1 Å². The van der Waals surface area contributed by atoms with Gasteiger partial charge in [-0.1, -0.05) is 37.5 Å². The molecule has 37 heavy (non-hydrogen) atoms. The Morgan fingerprint density at radius 2 is 1.65 bits per heavy atom. The SMILES string of the molecule is O=C(NCC1CCCCC1)C1CCCN(C(=O)C2CCCN(S(=O)(=O)c3cccc4cccnc34)C2)C1. The molecule has 1 aliphatic carbocycles. The largest absolute Gasteiger partial charge is 0.356 e. The van der Waals surface area contributed by atoms with Gasteiger partial charge in [0.1, 0.15) is 4.90 Å². The lowest BCUT2D eigenvalue weighted by atomic mass is 9.89. The summed E-state index contributed by atoms with van der Waals surface area (Å²) >= 11 is 0. The molecule has 8 nitrogen and oxygen atoms in total. The molecule has 2 unspecified atom stereocenters. The summed E-state index contributed by atoms with van der Waals surface area (Å²) in [5, 5.41) is 3.92. The van der Waals surface area contributed by atoms with Crippen LogP contribution in [0.4, 0.5) is 0 Å². The fraction of sp³-hybridized carbons (Fsp3) is 0.607. The first-order valence-electron chi connectivity index (χ1n) is 13.8. The Hall–Kier alpha value is -2.52. The van der Waals surface area contributed by atoms with E-state index in [9.17, 15) is 18.0 Å². The standard InChI is InChI=1S/C28H38N4O4S/c33-27(30-18-21-8-2-1-3-9-21)23-12-6-16-31(19-23)28(34)24-13-7-17-32(20-24)37(35,36)25-14-4-10-22-11-5-15-29-26(22)25/h4-5,10-11,14-15,21,23-24H,1-3,6-9,12-13,16-20H2,(H,30,33). The predicted octanol–water partition coefficient (Wildman–Crippen LogP) is 3.57. The van der Waals surface area contributed by atoms with Crippen molar-refractivity contribution in [3.8, 4) is 0 Å². The number of carbonyl (C=O) groups excluding carboxylic acids is 2. The Balaban J connectivity index is 1.22. The van der Waals surface area contributed by atoms with Gasteiger partial charge in [-0.25, -0.2) is 8.42 Å². The van der Waals surface area contributed by atoms with Crippen LogP contribution in [0.15, 0.2) is 41.4 Å². The Bertz CT molecular complexity index is 1220. The number of para-hydroxylation sites is 1. The van der Waals surface area contributed by atoms with Crippen LogP contribution in [0, 0.1) is 17.8 Å². The Kier molecular flexibility index (Phi) is 8.09. The van der Waals surface area contributed by atoms with Crippen molar-refractivity contribution in [2.45, 2.75) is 62.7 Å². The molecule has 1 aromatic heterocycles.